The zero-order valence-corrected chi connectivity index (χ0v) is 29.7. The summed E-state index contributed by atoms with van der Waals surface area (Å²) in [5.41, 5.74) is 6.42. The molecule has 0 bridgehead atoms. The van der Waals surface area contributed by atoms with Gasteiger partial charge >= 0.3 is 59.1 Å². The second-order valence-electron chi connectivity index (χ2n) is 8.88. The van der Waals surface area contributed by atoms with Gasteiger partial charge in [-0.15, -0.1) is 0 Å². The average molecular weight is 681 g/mol. The first-order valence-electron chi connectivity index (χ1n) is 11.4. The molecule has 19 heteroatoms. The molecule has 0 radical (unpaired) electrons. The third-order valence-electron chi connectivity index (χ3n) is 5.95. The predicted molar refractivity (Wildman–Crippen MR) is 150 cm³/mol. The molecule has 0 atom stereocenters. The number of anilines is 2. The van der Waals surface area contributed by atoms with Crippen LogP contribution in [0.5, 0.6) is 0 Å². The van der Waals surface area contributed by atoms with E-state index in [0.29, 0.717) is 23.4 Å². The number of benzene rings is 4. The van der Waals surface area contributed by atoms with Gasteiger partial charge < -0.3 is 16.2 Å². The van der Waals surface area contributed by atoms with Crippen LogP contribution < -0.4 is 75.3 Å². The summed E-state index contributed by atoms with van der Waals surface area (Å²) in [6, 6.07) is 12.7. The van der Waals surface area contributed by atoms with Crippen molar-refractivity contribution in [1.29, 1.82) is 0 Å². The molecule has 4 aromatic rings. The van der Waals surface area contributed by atoms with Crippen molar-refractivity contribution >= 4 is 70.0 Å². The van der Waals surface area contributed by atoms with Crippen LogP contribution in [0.3, 0.4) is 0 Å². The molecule has 0 heterocycles. The second kappa shape index (κ2) is 13.9. The molecule has 0 unspecified atom stereocenters. The monoisotopic (exact) mass is 680 g/mol. The van der Waals surface area contributed by atoms with Gasteiger partial charge in [-0.1, -0.05) is 18.2 Å². The van der Waals surface area contributed by atoms with Gasteiger partial charge in [-0.25, -0.2) is 0 Å². The van der Waals surface area contributed by atoms with Gasteiger partial charge in [0.15, 0.2) is 0 Å². The molecule has 6 N–H and O–H groups in total. The molecule has 0 saturated heterocycles. The Morgan fingerprint density at radius 1 is 0.795 bits per heavy atom. The van der Waals surface area contributed by atoms with Gasteiger partial charge in [0.25, 0.3) is 36.3 Å². The summed E-state index contributed by atoms with van der Waals surface area (Å²) in [5.74, 6) is -1.55. The van der Waals surface area contributed by atoms with Crippen LogP contribution in [-0.4, -0.2) is 50.7 Å². The van der Waals surface area contributed by atoms with E-state index in [1.807, 2.05) is 0 Å². The first-order chi connectivity index (χ1) is 19.4. The predicted octanol–water partition coefficient (Wildman–Crippen LogP) is -3.83. The number of nitrogen functional groups attached to an aromatic ring is 1. The van der Waals surface area contributed by atoms with E-state index in [1.54, 1.807) is 19.1 Å². The first kappa shape index (κ1) is 37.8. The van der Waals surface area contributed by atoms with Crippen molar-refractivity contribution in [3.05, 3.63) is 83.4 Å². The summed E-state index contributed by atoms with van der Waals surface area (Å²) in [5, 5.41) is 14.3. The minimum absolute atomic E-state index is 0. The van der Waals surface area contributed by atoms with E-state index in [0.717, 1.165) is 12.1 Å². The Hall–Kier alpha value is -2.39. The Morgan fingerprint density at radius 3 is 2.00 bits per heavy atom. The van der Waals surface area contributed by atoms with Crippen LogP contribution in [0.15, 0.2) is 86.4 Å². The molecule has 0 aliphatic rings. The molecule has 1 amide bonds. The van der Waals surface area contributed by atoms with Crippen molar-refractivity contribution in [2.75, 3.05) is 11.1 Å². The molecular formula is C25H20N3Na2O11S3+. The molecule has 4 aromatic carbocycles. The number of fused-ring (bicyclic) bond motifs is 1. The van der Waals surface area contributed by atoms with Crippen LogP contribution in [0.1, 0.15) is 21.5 Å². The standard InChI is InChI=1S/C25H21N3O11S3.2Na/c1-13-5-6-15(10-20(13)28-24(29)14-3-2-4-16(26)9-14)25(30)27-19-7-8-21(41(34,35)36)18-11-17(40(31,32)33)12-22(23(18)19)42(37,38)39;;/h2-12H,26H2,1H3,(H,27,30)(H,28,29)(H,31,32,33)(H,34,35,36)(H,37,38,39);;/q;2*+1/p-1. The molecular weight excluding hydrogens is 660 g/mol. The van der Waals surface area contributed by atoms with Gasteiger partial charge in [-0.3, -0.25) is 23.4 Å². The zero-order valence-electron chi connectivity index (χ0n) is 23.2. The Kier molecular flexibility index (Phi) is 12.0. The number of carbonyl (C=O) groups is 1. The van der Waals surface area contributed by atoms with E-state index >= 15 is 0 Å². The fraction of sp³-hybridized carbons (Fsp3) is 0.0400. The van der Waals surface area contributed by atoms with Crippen molar-refractivity contribution in [2.45, 2.75) is 21.6 Å². The summed E-state index contributed by atoms with van der Waals surface area (Å²) in [4.78, 5) is 13.2. The molecule has 220 valence electrons. The number of amides is 1. The Balaban J connectivity index is 0.00000337. The maximum Gasteiger partial charge on any atom is 1.00 e. The van der Waals surface area contributed by atoms with Gasteiger partial charge in [0.1, 0.15) is 9.79 Å². The number of nitrogens with one attached hydrogen (secondary N) is 1. The molecule has 0 aliphatic heterocycles. The number of hydrogen-bond acceptors (Lipinski definition) is 10. The summed E-state index contributed by atoms with van der Waals surface area (Å²) in [6.07, 6.45) is 0. The fourth-order valence-electron chi connectivity index (χ4n) is 3.98. The number of carbonyl (C=O) groups excluding carboxylic acids is 1. The molecule has 0 saturated carbocycles. The molecule has 0 spiro atoms. The summed E-state index contributed by atoms with van der Waals surface area (Å²) in [6.45, 7) is 1.65. The van der Waals surface area contributed by atoms with Crippen molar-refractivity contribution in [1.82, 2.24) is 0 Å². The maximum atomic E-state index is 13.2. The van der Waals surface area contributed by atoms with Crippen molar-refractivity contribution in [3.8, 4) is 0 Å². The van der Waals surface area contributed by atoms with Crippen LogP contribution in [0.4, 0.5) is 17.1 Å². The molecule has 0 aromatic heterocycles. The van der Waals surface area contributed by atoms with E-state index in [1.165, 1.54) is 30.3 Å². The number of nitrogens with two attached hydrogens (primary N) is 1. The summed E-state index contributed by atoms with van der Waals surface area (Å²) in [7, 11) is -15.6. The average Bonchev–Trinajstić information content (AvgIpc) is 2.87. The van der Waals surface area contributed by atoms with Gasteiger partial charge in [0, 0.05) is 27.7 Å². The first-order valence-corrected chi connectivity index (χ1v) is 15.7. The molecule has 14 nitrogen and oxygen atoms in total. The third kappa shape index (κ3) is 8.45. The normalized spacial score (nSPS) is 12.2. The van der Waals surface area contributed by atoms with Crippen LogP contribution >= 0.6 is 0 Å². The minimum Gasteiger partial charge on any atom is -0.858 e. The zero-order chi connectivity index (χ0) is 31.2. The fourth-order valence-corrected chi connectivity index (χ4v) is 6.02. The maximum absolute atomic E-state index is 13.2. The SMILES string of the molecule is Cc1ccc(C([O-])=Nc2ccc(S(=O)(=O)O)c3cc(S(=O)(=O)O)cc(S(=O)(=O)O)c23)cc1NC(=O)c1cccc(N)c1.[Na+].[Na+]. The number of rotatable bonds is 7. The van der Waals surface area contributed by atoms with E-state index in [2.05, 4.69) is 10.3 Å². The van der Waals surface area contributed by atoms with Crippen molar-refractivity contribution in [3.63, 3.8) is 0 Å². The van der Waals surface area contributed by atoms with Crippen LogP contribution in [-0.2, 0) is 30.4 Å². The van der Waals surface area contributed by atoms with Gasteiger partial charge in [0.2, 0.25) is 0 Å². The number of nitrogens with zero attached hydrogens (tertiary/aromatic N) is 1. The molecule has 0 aliphatic carbocycles. The van der Waals surface area contributed by atoms with Crippen LogP contribution in [0, 0.1) is 6.92 Å². The molecule has 0 fully saturated rings. The Bertz CT molecular complexity index is 2150. The van der Waals surface area contributed by atoms with E-state index < -0.39 is 73.3 Å². The van der Waals surface area contributed by atoms with Crippen LogP contribution in [0.2, 0.25) is 0 Å². The van der Waals surface area contributed by atoms with Gasteiger partial charge in [-0.05, 0) is 72.5 Å². The number of aliphatic imine (C=N–C) groups is 1. The van der Waals surface area contributed by atoms with Crippen LogP contribution in [0.25, 0.3) is 10.8 Å². The number of hydrogen-bond donors (Lipinski definition) is 5. The summed E-state index contributed by atoms with van der Waals surface area (Å²) < 4.78 is 101. The smallest absolute Gasteiger partial charge is 0.858 e. The van der Waals surface area contributed by atoms with E-state index in [4.69, 9.17) is 5.73 Å². The van der Waals surface area contributed by atoms with E-state index in [-0.39, 0.29) is 75.9 Å². The van der Waals surface area contributed by atoms with Crippen molar-refractivity contribution in [2.24, 2.45) is 4.99 Å². The minimum atomic E-state index is -5.33. The Morgan fingerprint density at radius 2 is 1.43 bits per heavy atom. The van der Waals surface area contributed by atoms with Gasteiger partial charge in [-0.2, -0.15) is 25.3 Å². The van der Waals surface area contributed by atoms with Gasteiger partial charge in [0.05, 0.1) is 10.6 Å². The quantitative estimate of drug-likeness (QED) is 0.0414. The third-order valence-corrected chi connectivity index (χ3v) is 8.57. The number of aryl methyl sites for hydroxylation is 1. The largest absolute Gasteiger partial charge is 1.00 e. The summed E-state index contributed by atoms with van der Waals surface area (Å²) >= 11 is 0. The van der Waals surface area contributed by atoms with E-state index in [9.17, 15) is 48.8 Å². The Labute approximate surface area is 296 Å². The molecule has 4 rings (SSSR count). The second-order valence-corrected chi connectivity index (χ2v) is 13.1. The topological polar surface area (TPSA) is 254 Å². The molecule has 44 heavy (non-hydrogen) atoms. The van der Waals surface area contributed by atoms with Crippen molar-refractivity contribution < 1.29 is 108 Å².